The van der Waals surface area contributed by atoms with Crippen LogP contribution in [0.2, 0.25) is 0 Å². The van der Waals surface area contributed by atoms with Gasteiger partial charge in [0.2, 0.25) is 0 Å². The van der Waals surface area contributed by atoms with Gasteiger partial charge in [0.05, 0.1) is 11.4 Å². The molecule has 41 heavy (non-hydrogen) atoms. The Kier molecular flexibility index (Phi) is 14.3. The van der Waals surface area contributed by atoms with Crippen molar-refractivity contribution in [3.8, 4) is 0 Å². The molecule has 0 bridgehead atoms. The number of thiocarbonyl (C=S) groups is 2. The van der Waals surface area contributed by atoms with Crippen LogP contribution in [0.1, 0.15) is 22.5 Å². The molecule has 11 heteroatoms. The van der Waals surface area contributed by atoms with Crippen molar-refractivity contribution in [3.05, 3.63) is 132 Å². The third-order valence-electron chi connectivity index (χ3n) is 5.25. The van der Waals surface area contributed by atoms with Gasteiger partial charge in [-0.1, -0.05) is 72.8 Å². The minimum Gasteiger partial charge on any atom is -0.354 e. The van der Waals surface area contributed by atoms with Crippen LogP contribution in [0.4, 0.5) is 0 Å². The van der Waals surface area contributed by atoms with E-state index in [9.17, 15) is 0 Å². The molecule has 0 aliphatic rings. The number of nitrogens with one attached hydrogen (secondary N) is 2. The molecule has 0 fully saturated rings. The van der Waals surface area contributed by atoms with Crippen LogP contribution in [0.15, 0.2) is 120 Å². The second kappa shape index (κ2) is 17.6. The summed E-state index contributed by atoms with van der Waals surface area (Å²) in [6.45, 7) is 0. The van der Waals surface area contributed by atoms with E-state index < -0.39 is 0 Å². The van der Waals surface area contributed by atoms with Gasteiger partial charge in [0.15, 0.2) is 10.2 Å². The largest absolute Gasteiger partial charge is 3.00 e. The Morgan fingerprint density at radius 3 is 1.20 bits per heavy atom. The van der Waals surface area contributed by atoms with Crippen molar-refractivity contribution in [1.82, 2.24) is 30.6 Å². The molecular formula is C30H32FeN8S2+3. The maximum Gasteiger partial charge on any atom is 3.00 e. The van der Waals surface area contributed by atoms with Crippen LogP contribution in [0.3, 0.4) is 0 Å². The van der Waals surface area contributed by atoms with Crippen molar-refractivity contribution in [2.24, 2.45) is 10.2 Å². The molecular weight excluding hydrogens is 592 g/mol. The molecule has 4 rings (SSSR count). The molecule has 0 aliphatic heterocycles. The van der Waals surface area contributed by atoms with Gasteiger partial charge in [-0.3, -0.25) is 20.8 Å². The van der Waals surface area contributed by atoms with Crippen LogP contribution in [0, 0.1) is 0 Å². The van der Waals surface area contributed by atoms with E-state index in [1.165, 1.54) is 0 Å². The topological polar surface area (TPSA) is 81.0 Å². The van der Waals surface area contributed by atoms with Crippen molar-refractivity contribution in [2.45, 2.75) is 0 Å². The van der Waals surface area contributed by atoms with E-state index in [4.69, 9.17) is 24.4 Å². The van der Waals surface area contributed by atoms with Crippen molar-refractivity contribution >= 4 is 46.1 Å². The van der Waals surface area contributed by atoms with Gasteiger partial charge in [0.1, 0.15) is 11.4 Å². The van der Waals surface area contributed by atoms with Crippen LogP contribution in [0.5, 0.6) is 0 Å². The number of hydrogen-bond donors (Lipinski definition) is 2. The van der Waals surface area contributed by atoms with Crippen LogP contribution in [-0.2, 0) is 17.1 Å². The minimum atomic E-state index is 0. The zero-order valence-corrected chi connectivity index (χ0v) is 26.0. The summed E-state index contributed by atoms with van der Waals surface area (Å²) < 4.78 is 0. The monoisotopic (exact) mass is 624 g/mol. The van der Waals surface area contributed by atoms with Gasteiger partial charge in [0, 0.05) is 51.7 Å². The number of rotatable bonds is 6. The summed E-state index contributed by atoms with van der Waals surface area (Å²) in [6.07, 6.45) is 3.50. The number of benzene rings is 2. The molecule has 0 atom stereocenters. The molecule has 2 aromatic carbocycles. The fourth-order valence-electron chi connectivity index (χ4n) is 3.14. The summed E-state index contributed by atoms with van der Waals surface area (Å²) in [5, 5.41) is 9.91. The van der Waals surface area contributed by atoms with E-state index in [1.54, 1.807) is 22.2 Å². The van der Waals surface area contributed by atoms with E-state index >= 15 is 0 Å². The molecule has 2 N–H and O–H groups in total. The molecule has 8 nitrogen and oxygen atoms in total. The van der Waals surface area contributed by atoms with Crippen molar-refractivity contribution in [3.63, 3.8) is 0 Å². The predicted molar refractivity (Wildman–Crippen MR) is 171 cm³/mol. The number of hydrazone groups is 2. The average molecular weight is 625 g/mol. The third-order valence-corrected chi connectivity index (χ3v) is 6.16. The van der Waals surface area contributed by atoms with E-state index in [1.807, 2.05) is 125 Å². The Hall–Kier alpha value is -4.02. The van der Waals surface area contributed by atoms with Gasteiger partial charge in [-0.15, -0.1) is 0 Å². The second-order valence-electron chi connectivity index (χ2n) is 8.71. The summed E-state index contributed by atoms with van der Waals surface area (Å²) in [5.41, 5.74) is 10.9. The Bertz CT molecular complexity index is 1220. The SMILES string of the molecule is CN(C)C(=S)N/N=C(/c1ccccc1)c1ccccn1.CN(C)C(=S)N/N=C(/c1ccccc1)c1ccccn1.[Fe+3]. The molecule has 2 aromatic heterocycles. The fourth-order valence-corrected chi connectivity index (χ4v) is 3.24. The van der Waals surface area contributed by atoms with Crippen LogP contribution >= 0.6 is 24.4 Å². The first-order valence-electron chi connectivity index (χ1n) is 12.4. The standard InChI is InChI=1S/2C15H16N4S.Fe/c2*1-19(2)15(20)18-17-14(12-8-4-3-5-9-12)13-10-6-7-11-16-13;/h2*3-11H,1-2H3,(H,18,20);/q;;+3/b2*17-14-;. The van der Waals surface area contributed by atoms with Crippen molar-refractivity contribution < 1.29 is 17.1 Å². The van der Waals surface area contributed by atoms with Gasteiger partial charge >= 0.3 is 17.1 Å². The van der Waals surface area contributed by atoms with Crippen LogP contribution in [-0.4, -0.2) is 69.6 Å². The van der Waals surface area contributed by atoms with E-state index in [-0.39, 0.29) is 17.1 Å². The Labute approximate surface area is 263 Å². The number of pyridine rings is 2. The molecule has 209 valence electrons. The molecule has 0 aliphatic carbocycles. The van der Waals surface area contributed by atoms with E-state index in [0.29, 0.717) is 10.2 Å². The quantitative estimate of drug-likeness (QED) is 0.140. The first-order valence-corrected chi connectivity index (χ1v) is 13.2. The van der Waals surface area contributed by atoms with Gasteiger partial charge in [-0.25, -0.2) is 0 Å². The van der Waals surface area contributed by atoms with Crippen LogP contribution < -0.4 is 10.9 Å². The molecule has 0 spiro atoms. The summed E-state index contributed by atoms with van der Waals surface area (Å²) in [7, 11) is 7.48. The van der Waals surface area contributed by atoms with Gasteiger partial charge < -0.3 is 9.80 Å². The van der Waals surface area contributed by atoms with Gasteiger partial charge in [-0.2, -0.15) is 10.2 Å². The minimum absolute atomic E-state index is 0. The maximum atomic E-state index is 5.18. The molecule has 0 saturated heterocycles. The normalized spacial score (nSPS) is 10.7. The fraction of sp³-hybridized carbons (Fsp3) is 0.133. The Morgan fingerprint density at radius 2 is 0.902 bits per heavy atom. The van der Waals surface area contributed by atoms with Crippen LogP contribution in [0.25, 0.3) is 0 Å². The van der Waals surface area contributed by atoms with E-state index in [0.717, 1.165) is 33.9 Å². The summed E-state index contributed by atoms with van der Waals surface area (Å²) in [4.78, 5) is 12.3. The summed E-state index contributed by atoms with van der Waals surface area (Å²) in [5.74, 6) is 0. The second-order valence-corrected chi connectivity index (χ2v) is 9.48. The summed E-state index contributed by atoms with van der Waals surface area (Å²) in [6, 6.07) is 31.3. The van der Waals surface area contributed by atoms with Crippen molar-refractivity contribution in [1.29, 1.82) is 0 Å². The molecule has 2 heterocycles. The third kappa shape index (κ3) is 10.8. The molecule has 0 unspecified atom stereocenters. The predicted octanol–water partition coefficient (Wildman–Crippen LogP) is 4.54. The molecule has 4 aromatic rings. The van der Waals surface area contributed by atoms with Crippen molar-refractivity contribution in [2.75, 3.05) is 28.2 Å². The first kappa shape index (κ1) is 33.2. The maximum absolute atomic E-state index is 5.18. The smallest absolute Gasteiger partial charge is 0.354 e. The Morgan fingerprint density at radius 1 is 0.561 bits per heavy atom. The van der Waals surface area contributed by atoms with Gasteiger partial charge in [0.25, 0.3) is 0 Å². The number of nitrogens with zero attached hydrogens (tertiary/aromatic N) is 6. The first-order chi connectivity index (χ1) is 19.4. The molecule has 1 radical (unpaired) electrons. The van der Waals surface area contributed by atoms with Gasteiger partial charge in [-0.05, 0) is 48.7 Å². The molecule has 0 saturated carbocycles. The van der Waals surface area contributed by atoms with E-state index in [2.05, 4.69) is 31.0 Å². The number of hydrogen-bond acceptors (Lipinski definition) is 6. The Balaban J connectivity index is 0.000000280. The number of aromatic nitrogens is 2. The summed E-state index contributed by atoms with van der Waals surface area (Å²) >= 11 is 10.4. The average Bonchev–Trinajstić information content (AvgIpc) is 2.99. The zero-order valence-electron chi connectivity index (χ0n) is 23.2. The molecule has 0 amide bonds. The zero-order chi connectivity index (χ0) is 28.7.